The molecule has 1 unspecified atom stereocenters. The first-order chi connectivity index (χ1) is 9.88. The van der Waals surface area contributed by atoms with Crippen LogP contribution in [-0.4, -0.2) is 11.1 Å². The fraction of sp³-hybridized carbons (Fsp3) is 0.235. The average molecular weight is 304 g/mol. The summed E-state index contributed by atoms with van der Waals surface area (Å²) >= 11 is 5.85. The van der Waals surface area contributed by atoms with Crippen molar-refractivity contribution in [3.63, 3.8) is 0 Å². The van der Waals surface area contributed by atoms with Gasteiger partial charge in [0.2, 0.25) is 0 Å². The highest BCUT2D eigenvalue weighted by atomic mass is 35.5. The number of rotatable bonds is 4. The third kappa shape index (κ3) is 3.56. The van der Waals surface area contributed by atoms with Gasteiger partial charge in [-0.2, -0.15) is 0 Å². The zero-order valence-corrected chi connectivity index (χ0v) is 13.0. The van der Waals surface area contributed by atoms with Crippen LogP contribution in [0.25, 0.3) is 0 Å². The van der Waals surface area contributed by atoms with Crippen LogP contribution in [0.2, 0.25) is 5.02 Å². The molecule has 0 aliphatic rings. The fourth-order valence-electron chi connectivity index (χ4n) is 2.62. The van der Waals surface area contributed by atoms with E-state index >= 15 is 0 Å². The molecule has 2 aromatic carbocycles. The van der Waals surface area contributed by atoms with Crippen molar-refractivity contribution >= 4 is 23.3 Å². The van der Waals surface area contributed by atoms with Crippen LogP contribution in [0.3, 0.4) is 0 Å². The summed E-state index contributed by atoms with van der Waals surface area (Å²) in [6.45, 7) is 5.88. The van der Waals surface area contributed by atoms with Gasteiger partial charge in [0.25, 0.3) is 0 Å². The number of benzene rings is 2. The maximum Gasteiger partial charge on any atom is 0.330 e. The molecular weight excluding hydrogens is 286 g/mol. The van der Waals surface area contributed by atoms with Crippen molar-refractivity contribution in [2.24, 2.45) is 0 Å². The lowest BCUT2D eigenvalue weighted by Crippen LogP contribution is -2.22. The Labute approximate surface area is 129 Å². The van der Waals surface area contributed by atoms with Gasteiger partial charge < -0.3 is 10.4 Å². The Hall–Kier alpha value is -2.00. The third-order valence-electron chi connectivity index (χ3n) is 3.43. The van der Waals surface area contributed by atoms with Gasteiger partial charge in [-0.15, -0.1) is 0 Å². The number of hydrogen-bond acceptors (Lipinski definition) is 2. The van der Waals surface area contributed by atoms with Crippen molar-refractivity contribution in [1.82, 2.24) is 0 Å². The van der Waals surface area contributed by atoms with E-state index in [1.54, 1.807) is 24.3 Å². The zero-order chi connectivity index (χ0) is 15.6. The highest BCUT2D eigenvalue weighted by Gasteiger charge is 2.23. The van der Waals surface area contributed by atoms with E-state index in [0.717, 1.165) is 27.9 Å². The smallest absolute Gasteiger partial charge is 0.330 e. The molecule has 0 radical (unpaired) electrons. The predicted molar refractivity (Wildman–Crippen MR) is 86.1 cm³/mol. The first kappa shape index (κ1) is 15.4. The van der Waals surface area contributed by atoms with E-state index in [2.05, 4.69) is 5.32 Å². The molecule has 0 saturated heterocycles. The molecule has 0 aromatic heterocycles. The van der Waals surface area contributed by atoms with Gasteiger partial charge >= 0.3 is 5.97 Å². The molecule has 0 amide bonds. The first-order valence-electron chi connectivity index (χ1n) is 6.71. The van der Waals surface area contributed by atoms with Gasteiger partial charge in [0.05, 0.1) is 0 Å². The summed E-state index contributed by atoms with van der Waals surface area (Å²) in [4.78, 5) is 11.7. The minimum atomic E-state index is -0.903. The molecule has 0 spiro atoms. The molecule has 0 saturated carbocycles. The summed E-state index contributed by atoms with van der Waals surface area (Å²) in [5.74, 6) is -0.903. The maximum atomic E-state index is 11.7. The number of aliphatic carboxylic acids is 1. The van der Waals surface area contributed by atoms with Gasteiger partial charge in [-0.05, 0) is 61.7 Å². The first-order valence-corrected chi connectivity index (χ1v) is 7.09. The number of anilines is 1. The summed E-state index contributed by atoms with van der Waals surface area (Å²) in [6.07, 6.45) is 0. The minimum absolute atomic E-state index is 0.620. The van der Waals surface area contributed by atoms with Gasteiger partial charge in [-0.3, -0.25) is 0 Å². The van der Waals surface area contributed by atoms with E-state index in [1.165, 1.54) is 0 Å². The predicted octanol–water partition coefficient (Wildman–Crippen LogP) is 4.50. The highest BCUT2D eigenvalue weighted by molar-refractivity contribution is 6.30. The van der Waals surface area contributed by atoms with E-state index in [-0.39, 0.29) is 0 Å². The molecule has 0 fully saturated rings. The van der Waals surface area contributed by atoms with E-state index in [4.69, 9.17) is 11.6 Å². The SMILES string of the molecule is Cc1cc(C)c(C(Nc2ccc(Cl)cc2)C(=O)O)c(C)c1. The average Bonchev–Trinajstić information content (AvgIpc) is 2.38. The number of halogens is 1. The van der Waals surface area contributed by atoms with Crippen molar-refractivity contribution < 1.29 is 9.90 Å². The summed E-state index contributed by atoms with van der Waals surface area (Å²) in [5, 5.41) is 13.3. The second-order valence-electron chi connectivity index (χ2n) is 5.23. The molecular formula is C17H18ClNO2. The van der Waals surface area contributed by atoms with E-state index < -0.39 is 12.0 Å². The van der Waals surface area contributed by atoms with Gasteiger partial charge in [0.15, 0.2) is 6.04 Å². The Balaban J connectivity index is 2.40. The Morgan fingerprint density at radius 3 is 2.10 bits per heavy atom. The van der Waals surface area contributed by atoms with Crippen LogP contribution in [0.4, 0.5) is 5.69 Å². The monoisotopic (exact) mass is 303 g/mol. The topological polar surface area (TPSA) is 49.3 Å². The van der Waals surface area contributed by atoms with Crippen molar-refractivity contribution in [3.05, 3.63) is 63.7 Å². The molecule has 110 valence electrons. The number of carboxylic acid groups (broad SMARTS) is 1. The van der Waals surface area contributed by atoms with Gasteiger partial charge in [-0.1, -0.05) is 29.3 Å². The standard InChI is InChI=1S/C17H18ClNO2/c1-10-8-11(2)15(12(3)9-10)16(17(20)21)19-14-6-4-13(18)5-7-14/h4-9,16,19H,1-3H3,(H,20,21). The molecule has 0 aliphatic carbocycles. The third-order valence-corrected chi connectivity index (χ3v) is 3.68. The van der Waals surface area contributed by atoms with Crippen LogP contribution in [0.5, 0.6) is 0 Å². The second-order valence-corrected chi connectivity index (χ2v) is 5.67. The second kappa shape index (κ2) is 6.19. The molecule has 0 aliphatic heterocycles. The highest BCUT2D eigenvalue weighted by Crippen LogP contribution is 2.27. The largest absolute Gasteiger partial charge is 0.479 e. The number of carbonyl (C=O) groups is 1. The molecule has 0 heterocycles. The van der Waals surface area contributed by atoms with Gasteiger partial charge in [-0.25, -0.2) is 4.79 Å². The zero-order valence-electron chi connectivity index (χ0n) is 12.3. The van der Waals surface area contributed by atoms with Crippen LogP contribution in [0.1, 0.15) is 28.3 Å². The number of aryl methyl sites for hydroxylation is 3. The summed E-state index contributed by atoms with van der Waals surface area (Å²) < 4.78 is 0. The van der Waals surface area contributed by atoms with Crippen molar-refractivity contribution in [2.45, 2.75) is 26.8 Å². The summed E-state index contributed by atoms with van der Waals surface area (Å²) in [5.41, 5.74) is 4.61. The fourth-order valence-corrected chi connectivity index (χ4v) is 2.74. The quantitative estimate of drug-likeness (QED) is 0.874. The number of nitrogens with one attached hydrogen (secondary N) is 1. The molecule has 2 aromatic rings. The van der Waals surface area contributed by atoms with Gasteiger partial charge in [0, 0.05) is 10.7 Å². The lowest BCUT2D eigenvalue weighted by molar-refractivity contribution is -0.138. The number of hydrogen-bond donors (Lipinski definition) is 2. The molecule has 2 rings (SSSR count). The van der Waals surface area contributed by atoms with Crippen LogP contribution >= 0.6 is 11.6 Å². The molecule has 4 heteroatoms. The Morgan fingerprint density at radius 1 is 1.10 bits per heavy atom. The van der Waals surface area contributed by atoms with Crippen molar-refractivity contribution in [2.75, 3.05) is 5.32 Å². The molecule has 1 atom stereocenters. The molecule has 21 heavy (non-hydrogen) atoms. The molecule has 2 N–H and O–H groups in total. The van der Waals surface area contributed by atoms with Crippen molar-refractivity contribution in [1.29, 1.82) is 0 Å². The van der Waals surface area contributed by atoms with Crippen LogP contribution in [-0.2, 0) is 4.79 Å². The minimum Gasteiger partial charge on any atom is -0.479 e. The summed E-state index contributed by atoms with van der Waals surface area (Å²) in [7, 11) is 0. The normalized spacial score (nSPS) is 12.0. The lowest BCUT2D eigenvalue weighted by Gasteiger charge is -2.21. The lowest BCUT2D eigenvalue weighted by atomic mass is 9.94. The molecule has 0 bridgehead atoms. The number of carboxylic acids is 1. The summed E-state index contributed by atoms with van der Waals surface area (Å²) in [6, 6.07) is 10.2. The Kier molecular flexibility index (Phi) is 4.53. The van der Waals surface area contributed by atoms with E-state index in [0.29, 0.717) is 5.02 Å². The maximum absolute atomic E-state index is 11.7. The van der Waals surface area contributed by atoms with E-state index in [9.17, 15) is 9.90 Å². The van der Waals surface area contributed by atoms with E-state index in [1.807, 2.05) is 32.9 Å². The van der Waals surface area contributed by atoms with Crippen LogP contribution < -0.4 is 5.32 Å². The Bertz CT molecular complexity index is 642. The van der Waals surface area contributed by atoms with Crippen LogP contribution in [0.15, 0.2) is 36.4 Å². The molecule has 3 nitrogen and oxygen atoms in total. The van der Waals surface area contributed by atoms with Crippen LogP contribution in [0, 0.1) is 20.8 Å². The Morgan fingerprint density at radius 2 is 1.62 bits per heavy atom. The van der Waals surface area contributed by atoms with Crippen molar-refractivity contribution in [3.8, 4) is 0 Å². The van der Waals surface area contributed by atoms with Gasteiger partial charge in [0.1, 0.15) is 0 Å².